The van der Waals surface area contributed by atoms with Crippen molar-refractivity contribution in [3.63, 3.8) is 0 Å². The lowest BCUT2D eigenvalue weighted by molar-refractivity contribution is 0.0729. The zero-order valence-electron chi connectivity index (χ0n) is 14.8. The summed E-state index contributed by atoms with van der Waals surface area (Å²) in [6.45, 7) is 2.68. The van der Waals surface area contributed by atoms with Gasteiger partial charge in [0.25, 0.3) is 11.8 Å². The maximum atomic E-state index is 12.9. The topological polar surface area (TPSA) is 49.4 Å². The van der Waals surface area contributed by atoms with E-state index in [0.29, 0.717) is 18.2 Å². The lowest BCUT2D eigenvalue weighted by atomic mass is 10.1. The predicted molar refractivity (Wildman–Crippen MR) is 98.5 cm³/mol. The van der Waals surface area contributed by atoms with Gasteiger partial charge in [-0.3, -0.25) is 9.59 Å². The fourth-order valence-corrected chi connectivity index (χ4v) is 2.90. The van der Waals surface area contributed by atoms with E-state index in [9.17, 15) is 9.59 Å². The molecule has 2 aromatic rings. The van der Waals surface area contributed by atoms with Crippen molar-refractivity contribution in [3.05, 3.63) is 70.8 Å². The van der Waals surface area contributed by atoms with E-state index in [1.165, 1.54) is 5.56 Å². The summed E-state index contributed by atoms with van der Waals surface area (Å²) in [5, 5.41) is 2.62. The van der Waals surface area contributed by atoms with Crippen molar-refractivity contribution in [1.82, 2.24) is 10.2 Å². The summed E-state index contributed by atoms with van der Waals surface area (Å²) in [6, 6.07) is 15.7. The van der Waals surface area contributed by atoms with Gasteiger partial charge in [0.2, 0.25) is 0 Å². The van der Waals surface area contributed by atoms with Crippen molar-refractivity contribution in [3.8, 4) is 0 Å². The van der Waals surface area contributed by atoms with E-state index in [4.69, 9.17) is 0 Å². The molecule has 25 heavy (non-hydrogen) atoms. The van der Waals surface area contributed by atoms with Crippen molar-refractivity contribution in [2.24, 2.45) is 0 Å². The molecule has 1 N–H and O–H groups in total. The van der Waals surface area contributed by atoms with Gasteiger partial charge in [-0.2, -0.15) is 0 Å². The van der Waals surface area contributed by atoms with Crippen molar-refractivity contribution in [2.45, 2.75) is 38.8 Å². The lowest BCUT2D eigenvalue weighted by Crippen LogP contribution is -2.32. The summed E-state index contributed by atoms with van der Waals surface area (Å²) in [7, 11) is 1.62. The van der Waals surface area contributed by atoms with Gasteiger partial charge in [0, 0.05) is 30.8 Å². The molecule has 1 aliphatic rings. The summed E-state index contributed by atoms with van der Waals surface area (Å²) in [5.74, 6) is -0.0155. The first-order chi connectivity index (χ1) is 12.1. The maximum absolute atomic E-state index is 12.9. The van der Waals surface area contributed by atoms with Gasteiger partial charge in [-0.05, 0) is 54.7 Å². The highest BCUT2D eigenvalue weighted by atomic mass is 16.2. The van der Waals surface area contributed by atoms with Crippen LogP contribution in [-0.4, -0.2) is 29.8 Å². The van der Waals surface area contributed by atoms with Crippen LogP contribution < -0.4 is 5.32 Å². The van der Waals surface area contributed by atoms with Crippen LogP contribution in [0.1, 0.15) is 51.6 Å². The summed E-state index contributed by atoms with van der Waals surface area (Å²) < 4.78 is 0. The van der Waals surface area contributed by atoms with Gasteiger partial charge in [0.1, 0.15) is 0 Å². The third kappa shape index (κ3) is 4.08. The van der Waals surface area contributed by atoms with Crippen molar-refractivity contribution in [2.75, 3.05) is 7.05 Å². The summed E-state index contributed by atoms with van der Waals surface area (Å²) in [5.41, 5.74) is 3.65. The third-order valence-electron chi connectivity index (χ3n) is 4.65. The van der Waals surface area contributed by atoms with Crippen LogP contribution in [0.25, 0.3) is 0 Å². The molecule has 0 saturated heterocycles. The number of nitrogens with zero attached hydrogens (tertiary/aromatic N) is 1. The van der Waals surface area contributed by atoms with Gasteiger partial charge < -0.3 is 10.2 Å². The maximum Gasteiger partial charge on any atom is 0.254 e. The van der Waals surface area contributed by atoms with Crippen LogP contribution in [0.15, 0.2) is 48.5 Å². The molecule has 0 unspecified atom stereocenters. The summed E-state index contributed by atoms with van der Waals surface area (Å²) >= 11 is 0. The van der Waals surface area contributed by atoms with E-state index in [-0.39, 0.29) is 11.8 Å². The highest BCUT2D eigenvalue weighted by molar-refractivity contribution is 5.95. The third-order valence-corrected chi connectivity index (χ3v) is 4.65. The number of carbonyl (C=O) groups excluding carboxylic acids is 2. The number of amides is 2. The Bertz CT molecular complexity index is 746. The van der Waals surface area contributed by atoms with Crippen molar-refractivity contribution < 1.29 is 9.59 Å². The predicted octanol–water partition coefficient (Wildman–Crippen LogP) is 3.41. The van der Waals surface area contributed by atoms with Gasteiger partial charge in [-0.25, -0.2) is 0 Å². The van der Waals surface area contributed by atoms with Crippen LogP contribution in [0.4, 0.5) is 0 Å². The quantitative estimate of drug-likeness (QED) is 0.879. The Labute approximate surface area is 148 Å². The molecule has 0 spiro atoms. The Kier molecular flexibility index (Phi) is 5.17. The van der Waals surface area contributed by atoms with Crippen LogP contribution in [0.3, 0.4) is 0 Å². The van der Waals surface area contributed by atoms with Gasteiger partial charge >= 0.3 is 0 Å². The van der Waals surface area contributed by atoms with E-state index in [0.717, 1.165) is 30.4 Å². The Balaban J connectivity index is 1.74. The fourth-order valence-electron chi connectivity index (χ4n) is 2.90. The summed E-state index contributed by atoms with van der Waals surface area (Å²) in [6.07, 6.45) is 3.10. The number of carbonyl (C=O) groups is 2. The molecule has 0 heterocycles. The number of hydrogen-bond acceptors (Lipinski definition) is 2. The summed E-state index contributed by atoms with van der Waals surface area (Å²) in [4.78, 5) is 26.5. The standard InChI is InChI=1S/C21H24N2O2/c1-3-15-4-10-18(11-5-15)21(25)23(19-12-13-19)14-16-6-8-17(9-7-16)20(24)22-2/h4-11,19H,3,12-14H2,1-2H3,(H,22,24). The molecule has 3 rings (SSSR count). The largest absolute Gasteiger partial charge is 0.355 e. The Morgan fingerprint density at radius 1 is 0.960 bits per heavy atom. The highest BCUT2D eigenvalue weighted by Gasteiger charge is 2.33. The van der Waals surface area contributed by atoms with Gasteiger partial charge in [0.05, 0.1) is 0 Å². The average molecular weight is 336 g/mol. The molecular formula is C21H24N2O2. The van der Waals surface area contributed by atoms with Crippen molar-refractivity contribution in [1.29, 1.82) is 0 Å². The molecule has 0 radical (unpaired) electrons. The second-order valence-corrected chi connectivity index (χ2v) is 6.49. The van der Waals surface area contributed by atoms with E-state index in [2.05, 4.69) is 12.2 Å². The number of benzene rings is 2. The molecule has 2 amide bonds. The minimum Gasteiger partial charge on any atom is -0.355 e. The Morgan fingerprint density at radius 3 is 2.04 bits per heavy atom. The average Bonchev–Trinajstić information content (AvgIpc) is 3.50. The molecule has 0 aliphatic heterocycles. The zero-order valence-corrected chi connectivity index (χ0v) is 14.8. The van der Waals surface area contributed by atoms with E-state index in [1.54, 1.807) is 19.2 Å². The highest BCUT2D eigenvalue weighted by Crippen LogP contribution is 2.30. The SMILES string of the molecule is CCc1ccc(C(=O)N(Cc2ccc(C(=O)NC)cc2)C2CC2)cc1. The number of nitrogens with one attached hydrogen (secondary N) is 1. The lowest BCUT2D eigenvalue weighted by Gasteiger charge is -2.23. The smallest absolute Gasteiger partial charge is 0.254 e. The van der Waals surface area contributed by atoms with Crippen LogP contribution in [0.5, 0.6) is 0 Å². The first-order valence-corrected chi connectivity index (χ1v) is 8.83. The number of hydrogen-bond donors (Lipinski definition) is 1. The zero-order chi connectivity index (χ0) is 17.8. The van der Waals surface area contributed by atoms with Gasteiger partial charge in [-0.15, -0.1) is 0 Å². The molecule has 130 valence electrons. The van der Waals surface area contributed by atoms with Gasteiger partial charge in [-0.1, -0.05) is 31.2 Å². The number of aryl methyl sites for hydroxylation is 1. The Morgan fingerprint density at radius 2 is 1.52 bits per heavy atom. The van der Waals surface area contributed by atoms with Crippen molar-refractivity contribution >= 4 is 11.8 Å². The minimum absolute atomic E-state index is 0.0838. The monoisotopic (exact) mass is 336 g/mol. The normalized spacial score (nSPS) is 13.4. The molecule has 0 bridgehead atoms. The fraction of sp³-hybridized carbons (Fsp3) is 0.333. The minimum atomic E-state index is -0.0994. The molecule has 1 aliphatic carbocycles. The molecule has 4 nitrogen and oxygen atoms in total. The first kappa shape index (κ1) is 17.2. The number of rotatable bonds is 6. The van der Waals surface area contributed by atoms with E-state index in [1.807, 2.05) is 41.3 Å². The molecule has 4 heteroatoms. The van der Waals surface area contributed by atoms with E-state index >= 15 is 0 Å². The van der Waals surface area contributed by atoms with Crippen LogP contribution >= 0.6 is 0 Å². The second-order valence-electron chi connectivity index (χ2n) is 6.49. The molecular weight excluding hydrogens is 312 g/mol. The van der Waals surface area contributed by atoms with Gasteiger partial charge in [0.15, 0.2) is 0 Å². The van der Waals surface area contributed by atoms with Crippen LogP contribution in [0, 0.1) is 0 Å². The van der Waals surface area contributed by atoms with Crippen LogP contribution in [0.2, 0.25) is 0 Å². The molecule has 0 atom stereocenters. The second kappa shape index (κ2) is 7.51. The van der Waals surface area contributed by atoms with E-state index < -0.39 is 0 Å². The molecule has 1 saturated carbocycles. The first-order valence-electron chi connectivity index (χ1n) is 8.83. The van der Waals surface area contributed by atoms with Crippen LogP contribution in [-0.2, 0) is 13.0 Å². The molecule has 1 fully saturated rings. The Hall–Kier alpha value is -2.62. The molecule has 2 aromatic carbocycles. The molecule has 0 aromatic heterocycles.